The predicted octanol–water partition coefficient (Wildman–Crippen LogP) is 2.43. The number of carboxylic acids is 1. The van der Waals surface area contributed by atoms with Crippen molar-refractivity contribution in [2.75, 3.05) is 20.8 Å². The van der Waals surface area contributed by atoms with Gasteiger partial charge in [-0.15, -0.1) is 0 Å². The van der Waals surface area contributed by atoms with Gasteiger partial charge in [-0.1, -0.05) is 40.0 Å². The van der Waals surface area contributed by atoms with E-state index in [0.29, 0.717) is 6.54 Å². The van der Waals surface area contributed by atoms with Crippen LogP contribution in [0.25, 0.3) is 0 Å². The van der Waals surface area contributed by atoms with Crippen molar-refractivity contribution in [2.45, 2.75) is 90.8 Å². The third kappa shape index (κ3) is 10.5. The number of unbranched alkanes of at least 4 members (excludes halogenated alkanes) is 1. The molecule has 2 atom stereocenters. The highest BCUT2D eigenvalue weighted by Gasteiger charge is 2.33. The Hall–Kier alpha value is -1.00. The molecular formula is C19H39NO7Si. The topological polar surface area (TPSA) is 94.5 Å². The van der Waals surface area contributed by atoms with Crippen molar-refractivity contribution >= 4 is 21.9 Å². The molecule has 28 heavy (non-hydrogen) atoms. The molecule has 0 aromatic carbocycles. The third-order valence-electron chi connectivity index (χ3n) is 4.60. The molecule has 8 nitrogen and oxygen atoms in total. The lowest BCUT2D eigenvalue weighted by Crippen LogP contribution is -2.50. The number of esters is 1. The van der Waals surface area contributed by atoms with Crippen LogP contribution in [0.15, 0.2) is 0 Å². The average Bonchev–Trinajstić information content (AvgIpc) is 2.67. The van der Waals surface area contributed by atoms with Crippen molar-refractivity contribution in [1.29, 1.82) is 0 Å². The number of ether oxygens (including phenoxy) is 3. The van der Waals surface area contributed by atoms with Crippen LogP contribution in [0.5, 0.6) is 0 Å². The van der Waals surface area contributed by atoms with Crippen molar-refractivity contribution < 1.29 is 33.3 Å². The molecule has 0 fully saturated rings. The third-order valence-corrected chi connectivity index (χ3v) is 6.34. The van der Waals surface area contributed by atoms with Crippen molar-refractivity contribution in [3.63, 3.8) is 0 Å². The molecule has 0 aromatic rings. The number of carbonyl (C=O) groups is 2. The summed E-state index contributed by atoms with van der Waals surface area (Å²) in [6.07, 6.45) is 4.72. The van der Waals surface area contributed by atoms with E-state index >= 15 is 0 Å². The first-order valence-corrected chi connectivity index (χ1v) is 11.4. The molecular weight excluding hydrogens is 382 g/mol. The summed E-state index contributed by atoms with van der Waals surface area (Å²) in [5, 5.41) is 9.34. The van der Waals surface area contributed by atoms with E-state index in [2.05, 4.69) is 6.92 Å². The van der Waals surface area contributed by atoms with Gasteiger partial charge in [0.15, 0.2) is 0 Å². The maximum absolute atomic E-state index is 12.9. The van der Waals surface area contributed by atoms with E-state index in [0.717, 1.165) is 38.5 Å². The average molecular weight is 422 g/mol. The van der Waals surface area contributed by atoms with Crippen LogP contribution in [0.4, 0.5) is 0 Å². The quantitative estimate of drug-likeness (QED) is 0.217. The first-order chi connectivity index (χ1) is 13.3. The Kier molecular flexibility index (Phi) is 14.4. The fraction of sp³-hybridized carbons (Fsp3) is 0.895. The molecule has 2 unspecified atom stereocenters. The van der Waals surface area contributed by atoms with E-state index in [1.54, 1.807) is 11.5 Å². The Morgan fingerprint density at radius 1 is 1.07 bits per heavy atom. The zero-order valence-electron chi connectivity index (χ0n) is 18.4. The molecule has 0 aliphatic rings. The Bertz CT molecular complexity index is 446. The molecule has 0 aliphatic heterocycles. The lowest BCUT2D eigenvalue weighted by Gasteiger charge is -2.33. The van der Waals surface area contributed by atoms with E-state index in [4.69, 9.17) is 18.6 Å². The lowest BCUT2D eigenvalue weighted by molar-refractivity contribution is -0.312. The largest absolute Gasteiger partial charge is 0.481 e. The minimum absolute atomic E-state index is 0.178. The maximum atomic E-state index is 12.9. The molecule has 1 N–H and O–H groups in total. The second-order valence-corrected chi connectivity index (χ2v) is 8.32. The molecule has 0 saturated heterocycles. The number of rotatable bonds is 17. The number of carbonyl (C=O) groups excluding carboxylic acids is 1. The first kappa shape index (κ1) is 27.0. The number of hydrogen-bond acceptors (Lipinski definition) is 7. The second-order valence-electron chi connectivity index (χ2n) is 6.96. The monoisotopic (exact) mass is 421 g/mol. The van der Waals surface area contributed by atoms with Gasteiger partial charge in [-0.05, 0) is 25.8 Å². The summed E-state index contributed by atoms with van der Waals surface area (Å²) in [5.41, 5.74) is 0. The van der Waals surface area contributed by atoms with Gasteiger partial charge in [0.25, 0.3) is 5.97 Å². The Balaban J connectivity index is 5.30. The highest BCUT2D eigenvalue weighted by Crippen LogP contribution is 2.17. The second kappa shape index (κ2) is 14.9. The zero-order valence-corrected chi connectivity index (χ0v) is 19.8. The fourth-order valence-electron chi connectivity index (χ4n) is 2.78. The van der Waals surface area contributed by atoms with Crippen LogP contribution in [0.1, 0.15) is 72.6 Å². The van der Waals surface area contributed by atoms with E-state index in [1.165, 1.54) is 14.2 Å². The van der Waals surface area contributed by atoms with Crippen molar-refractivity contribution in [2.24, 2.45) is 0 Å². The van der Waals surface area contributed by atoms with Crippen molar-refractivity contribution in [3.05, 3.63) is 0 Å². The molecule has 0 heterocycles. The minimum atomic E-state index is -1.49. The Morgan fingerprint density at radius 2 is 1.71 bits per heavy atom. The normalized spacial score (nSPS) is 14.5. The molecule has 0 radical (unpaired) electrons. The van der Waals surface area contributed by atoms with Crippen LogP contribution >= 0.6 is 0 Å². The van der Waals surface area contributed by atoms with Gasteiger partial charge in [-0.3, -0.25) is 14.2 Å². The SMILES string of the molecule is CCCCC(CCC)OC(=O)C(CC(=O)O)N(CCC)[SiH2]OC(C)(OC)OC. The van der Waals surface area contributed by atoms with Gasteiger partial charge < -0.3 is 23.7 Å². The maximum Gasteiger partial charge on any atom is 0.323 e. The minimum Gasteiger partial charge on any atom is -0.481 e. The van der Waals surface area contributed by atoms with Gasteiger partial charge in [-0.25, -0.2) is 0 Å². The number of carboxylic acid groups (broad SMARTS) is 1. The van der Waals surface area contributed by atoms with Crippen molar-refractivity contribution in [1.82, 2.24) is 4.57 Å². The van der Waals surface area contributed by atoms with Gasteiger partial charge in [-0.2, -0.15) is 0 Å². The zero-order chi connectivity index (χ0) is 21.6. The summed E-state index contributed by atoms with van der Waals surface area (Å²) in [6.45, 7) is 8.28. The standard InChI is InChI=1S/C19H39NO7Si/c1-7-10-12-15(11-8-2)26-18(23)16(14-17(21)22)20(13-9-3)28-27-19(4,24-5)25-6/h15-16H,7-14,28H2,1-6H3,(H,21,22). The molecule has 0 aliphatic carbocycles. The van der Waals surface area contributed by atoms with Gasteiger partial charge in [0.2, 0.25) is 9.92 Å². The van der Waals surface area contributed by atoms with Crippen LogP contribution in [-0.4, -0.2) is 70.4 Å². The summed E-state index contributed by atoms with van der Waals surface area (Å²) < 4.78 is 23.7. The fourth-order valence-corrected chi connectivity index (χ4v) is 4.32. The van der Waals surface area contributed by atoms with Gasteiger partial charge in [0.05, 0.1) is 6.42 Å². The predicted molar refractivity (Wildman–Crippen MR) is 109 cm³/mol. The highest BCUT2D eigenvalue weighted by molar-refractivity contribution is 6.24. The molecule has 0 aromatic heterocycles. The van der Waals surface area contributed by atoms with Crippen LogP contribution < -0.4 is 0 Å². The van der Waals surface area contributed by atoms with Gasteiger partial charge >= 0.3 is 11.9 Å². The smallest absolute Gasteiger partial charge is 0.323 e. The summed E-state index contributed by atoms with van der Waals surface area (Å²) in [4.78, 5) is 24.3. The van der Waals surface area contributed by atoms with Crippen molar-refractivity contribution in [3.8, 4) is 0 Å². The number of nitrogens with zero attached hydrogens (tertiary/aromatic N) is 1. The molecule has 0 amide bonds. The summed E-state index contributed by atoms with van der Waals surface area (Å²) in [7, 11) is 1.45. The molecule has 166 valence electrons. The summed E-state index contributed by atoms with van der Waals surface area (Å²) >= 11 is 0. The van der Waals surface area contributed by atoms with Crippen LogP contribution in [-0.2, 0) is 28.2 Å². The van der Waals surface area contributed by atoms with Gasteiger partial charge in [0.1, 0.15) is 12.1 Å². The molecule has 0 saturated carbocycles. The highest BCUT2D eigenvalue weighted by atomic mass is 28.2. The number of aliphatic carboxylic acids is 1. The van der Waals surface area contributed by atoms with E-state index in [-0.39, 0.29) is 12.5 Å². The van der Waals surface area contributed by atoms with E-state index in [1.807, 2.05) is 13.8 Å². The molecule has 9 heteroatoms. The van der Waals surface area contributed by atoms with Crippen LogP contribution in [0.3, 0.4) is 0 Å². The number of hydrogen-bond donors (Lipinski definition) is 1. The summed E-state index contributed by atoms with van der Waals surface area (Å²) in [6, 6.07) is -0.872. The molecule has 0 spiro atoms. The molecule has 0 rings (SSSR count). The Labute approximate surface area is 171 Å². The van der Waals surface area contributed by atoms with Crippen LogP contribution in [0.2, 0.25) is 0 Å². The van der Waals surface area contributed by atoms with E-state index < -0.39 is 33.9 Å². The van der Waals surface area contributed by atoms with E-state index in [9.17, 15) is 14.7 Å². The molecule has 0 bridgehead atoms. The first-order valence-electron chi connectivity index (χ1n) is 10.2. The Morgan fingerprint density at radius 3 is 2.18 bits per heavy atom. The summed E-state index contributed by atoms with van der Waals surface area (Å²) in [5.74, 6) is -2.75. The van der Waals surface area contributed by atoms with Crippen LogP contribution in [0, 0.1) is 0 Å². The van der Waals surface area contributed by atoms with Gasteiger partial charge in [0, 0.05) is 21.1 Å². The number of methoxy groups -OCH3 is 2. The lowest BCUT2D eigenvalue weighted by atomic mass is 10.1.